The first-order chi connectivity index (χ1) is 16.5. The SMILES string of the molecule is NCC(=O)[O-].Nc1ncnc2c1ncn2[C@@H]1O[C@H](COP(=O)([O-])OP(=O)([O-])OP(=O)([O-])[O-])[C@@H](O)[C@H]1O.[Mn+5]. The van der Waals surface area contributed by atoms with Crippen LogP contribution >= 0.6 is 23.5 Å². The summed E-state index contributed by atoms with van der Waals surface area (Å²) in [7, 11) is -18.1. The minimum absolute atomic E-state index is 0. The number of aromatic nitrogens is 4. The van der Waals surface area contributed by atoms with Crippen molar-refractivity contribution in [1.82, 2.24) is 19.5 Å². The topological polar surface area (TPSA) is 357 Å². The number of aliphatic carboxylic acids is 1. The number of rotatable bonds is 9. The van der Waals surface area contributed by atoms with Crippen LogP contribution in [0.5, 0.6) is 0 Å². The molecular formula is C12H16MnN6O15P3. The van der Waals surface area contributed by atoms with Gasteiger partial charge in [0.2, 0.25) is 0 Å². The van der Waals surface area contributed by atoms with Crippen molar-refractivity contribution in [3.63, 3.8) is 0 Å². The molecule has 0 aliphatic carbocycles. The van der Waals surface area contributed by atoms with Crippen LogP contribution in [0, 0.1) is 0 Å². The summed E-state index contributed by atoms with van der Waals surface area (Å²) in [6.07, 6.45) is -3.99. The van der Waals surface area contributed by atoms with Gasteiger partial charge in [0.15, 0.2) is 17.7 Å². The molecule has 2 unspecified atom stereocenters. The fourth-order valence-electron chi connectivity index (χ4n) is 2.60. The number of carboxylic acid groups (broad SMARTS) is 1. The third-order valence-corrected chi connectivity index (χ3v) is 7.63. The standard InChI is InChI=1S/C10H16N5O13P3.C2H5NO2.Mn/c11-8-5-9(13-2-12-8)15(3-14-5)10-7(17)6(16)4(26-10)1-25-30(21,22)28-31(23,24)27-29(18,19)20;3-1-2(4)5;/h2-4,6-7,10,16-17H,1H2,(H,21,22)(H,23,24)(H2,11,12,13)(H2,18,19,20);1,3H2,(H,4,5);/q;;+5/p-5/t4-,6-,7-,10-;;/m1../s1. The van der Waals surface area contributed by atoms with Crippen LogP contribution in [0.15, 0.2) is 12.7 Å². The van der Waals surface area contributed by atoms with E-state index in [4.69, 9.17) is 20.4 Å². The molecule has 1 aliphatic heterocycles. The molecule has 2 aromatic rings. The van der Waals surface area contributed by atoms with Crippen molar-refractivity contribution >= 4 is 46.4 Å². The zero-order valence-electron chi connectivity index (χ0n) is 17.7. The number of aliphatic hydroxyl groups is 2. The number of carbonyl (C=O) groups excluding carboxylic acids is 1. The van der Waals surface area contributed by atoms with Crippen molar-refractivity contribution in [2.45, 2.75) is 24.5 Å². The van der Waals surface area contributed by atoms with E-state index in [0.29, 0.717) is 0 Å². The van der Waals surface area contributed by atoms with Crippen molar-refractivity contribution in [2.75, 3.05) is 18.9 Å². The number of hydrogen-bond donors (Lipinski definition) is 4. The number of nitrogens with zero attached hydrogens (tertiary/aromatic N) is 4. The van der Waals surface area contributed by atoms with Gasteiger partial charge < -0.3 is 65.0 Å². The third-order valence-electron chi connectivity index (χ3n) is 3.96. The van der Waals surface area contributed by atoms with Gasteiger partial charge in [-0.15, -0.1) is 0 Å². The Labute approximate surface area is 216 Å². The Morgan fingerprint density at radius 2 is 1.68 bits per heavy atom. The summed E-state index contributed by atoms with van der Waals surface area (Å²) < 4.78 is 50.2. The van der Waals surface area contributed by atoms with Crippen molar-refractivity contribution in [2.24, 2.45) is 5.73 Å². The number of imidazole rings is 1. The van der Waals surface area contributed by atoms with Gasteiger partial charge in [0.1, 0.15) is 30.2 Å². The summed E-state index contributed by atoms with van der Waals surface area (Å²) in [6, 6.07) is 0. The quantitative estimate of drug-likeness (QED) is 0.147. The second-order valence-corrected chi connectivity index (χ2v) is 10.8. The summed E-state index contributed by atoms with van der Waals surface area (Å²) in [6.45, 7) is -1.47. The molecule has 0 amide bonds. The second kappa shape index (κ2) is 13.1. The average Bonchev–Trinajstić information content (AvgIpc) is 3.27. The van der Waals surface area contributed by atoms with E-state index >= 15 is 0 Å². The molecule has 206 valence electrons. The predicted octanol–water partition coefficient (Wildman–Crippen LogP) is -6.46. The van der Waals surface area contributed by atoms with Crippen molar-refractivity contribution in [3.8, 4) is 0 Å². The van der Waals surface area contributed by atoms with Gasteiger partial charge in [0, 0.05) is 6.54 Å². The molecule has 6 atom stereocenters. The number of anilines is 1. The molecule has 21 nitrogen and oxygen atoms in total. The average molecular weight is 632 g/mol. The minimum Gasteiger partial charge on any atom is -0.790 e. The maximum atomic E-state index is 11.6. The number of ether oxygens (including phenoxy) is 1. The Morgan fingerprint density at radius 3 is 2.22 bits per heavy atom. The van der Waals surface area contributed by atoms with Crippen LogP contribution in [-0.2, 0) is 53.4 Å². The van der Waals surface area contributed by atoms with Crippen LogP contribution in [0.1, 0.15) is 6.23 Å². The molecule has 3 heterocycles. The largest absolute Gasteiger partial charge is 5.00 e. The van der Waals surface area contributed by atoms with Gasteiger partial charge in [0.25, 0.3) is 15.6 Å². The molecule has 37 heavy (non-hydrogen) atoms. The Kier molecular flexibility index (Phi) is 11.9. The van der Waals surface area contributed by atoms with E-state index in [9.17, 15) is 43.5 Å². The summed E-state index contributed by atoms with van der Waals surface area (Å²) in [5.74, 6) is -1.20. The van der Waals surface area contributed by atoms with Gasteiger partial charge in [-0.25, -0.2) is 19.3 Å². The van der Waals surface area contributed by atoms with E-state index < -0.39 is 60.6 Å². The van der Waals surface area contributed by atoms with Crippen LogP contribution in [-0.4, -0.2) is 67.2 Å². The van der Waals surface area contributed by atoms with Gasteiger partial charge in [-0.05, 0) is 0 Å². The molecule has 3 rings (SSSR count). The smallest absolute Gasteiger partial charge is 0.790 e. The van der Waals surface area contributed by atoms with E-state index in [1.807, 2.05) is 0 Å². The molecule has 0 aromatic carbocycles. The number of carboxylic acids is 1. The van der Waals surface area contributed by atoms with Crippen LogP contribution in [0.3, 0.4) is 0 Å². The summed E-state index contributed by atoms with van der Waals surface area (Å²) >= 11 is 0. The van der Waals surface area contributed by atoms with E-state index in [0.717, 1.165) is 12.7 Å². The van der Waals surface area contributed by atoms with Gasteiger partial charge in [0.05, 0.1) is 26.7 Å². The zero-order chi connectivity index (χ0) is 27.5. The monoisotopic (exact) mass is 632 g/mol. The van der Waals surface area contributed by atoms with Crippen molar-refractivity contribution < 1.29 is 88.3 Å². The molecule has 1 aliphatic rings. The summed E-state index contributed by atoms with van der Waals surface area (Å²) in [4.78, 5) is 64.1. The van der Waals surface area contributed by atoms with Crippen LogP contribution < -0.4 is 36.1 Å². The second-order valence-electron chi connectivity index (χ2n) is 6.51. The fourth-order valence-corrected chi connectivity index (χ4v) is 5.47. The van der Waals surface area contributed by atoms with Gasteiger partial charge >= 0.3 is 17.1 Å². The number of phosphoric acid groups is 3. The molecule has 0 radical (unpaired) electrons. The molecule has 2 aromatic heterocycles. The maximum Gasteiger partial charge on any atom is 5.00 e. The van der Waals surface area contributed by atoms with Gasteiger partial charge in [-0.2, -0.15) is 0 Å². The molecule has 25 heteroatoms. The maximum absolute atomic E-state index is 11.6. The number of carbonyl (C=O) groups is 1. The first-order valence-electron chi connectivity index (χ1n) is 9.02. The van der Waals surface area contributed by atoms with Crippen molar-refractivity contribution in [1.29, 1.82) is 0 Å². The molecule has 1 saturated heterocycles. The van der Waals surface area contributed by atoms with E-state index in [-0.39, 0.29) is 40.6 Å². The first-order valence-corrected chi connectivity index (χ1v) is 13.4. The van der Waals surface area contributed by atoms with E-state index in [1.165, 1.54) is 4.57 Å². The van der Waals surface area contributed by atoms with E-state index in [2.05, 4.69) is 33.8 Å². The summed E-state index contributed by atoms with van der Waals surface area (Å²) in [5, 5.41) is 29.5. The Balaban J connectivity index is 0.00000104. The van der Waals surface area contributed by atoms with Crippen LogP contribution in [0.4, 0.5) is 5.82 Å². The van der Waals surface area contributed by atoms with Crippen molar-refractivity contribution in [3.05, 3.63) is 12.7 Å². The molecular weight excluding hydrogens is 616 g/mol. The number of aliphatic hydroxyl groups excluding tert-OH is 2. The number of hydrogen-bond acceptors (Lipinski definition) is 20. The van der Waals surface area contributed by atoms with Crippen LogP contribution in [0.25, 0.3) is 11.2 Å². The zero-order valence-corrected chi connectivity index (χ0v) is 21.6. The van der Waals surface area contributed by atoms with Gasteiger partial charge in [-0.3, -0.25) is 18.0 Å². The first kappa shape index (κ1) is 33.6. The van der Waals surface area contributed by atoms with E-state index in [1.54, 1.807) is 0 Å². The molecule has 1 fully saturated rings. The Hall–Kier alpha value is -1.41. The third kappa shape index (κ3) is 9.68. The normalized spacial score (nSPS) is 24.8. The molecule has 0 saturated carbocycles. The minimum atomic E-state index is -6.14. The number of fused-ring (bicyclic) bond motifs is 1. The molecule has 0 spiro atoms. The fraction of sp³-hybridized carbons (Fsp3) is 0.500. The molecule has 0 bridgehead atoms. The summed E-state index contributed by atoms with van der Waals surface area (Å²) in [5.41, 5.74) is 10.4. The Morgan fingerprint density at radius 1 is 1.08 bits per heavy atom. The number of nitrogens with two attached hydrogens (primary N) is 2. The number of phosphoric ester groups is 1. The Bertz CT molecular complexity index is 1230. The molecule has 6 N–H and O–H groups in total. The number of nitrogen functional groups attached to an aromatic ring is 1. The van der Waals surface area contributed by atoms with Gasteiger partial charge in [-0.1, -0.05) is 0 Å². The predicted molar refractivity (Wildman–Crippen MR) is 101 cm³/mol. The van der Waals surface area contributed by atoms with Crippen LogP contribution in [0.2, 0.25) is 0 Å².